The van der Waals surface area contributed by atoms with Gasteiger partial charge in [0, 0.05) is 31.3 Å². The SMILES string of the molecule is COc1ccc(C(CNC(=O)C2CC(=O)N(c3cccc(OC)c3)C2)N(C)C)cc1. The van der Waals surface area contributed by atoms with Crippen molar-refractivity contribution < 1.29 is 19.1 Å². The summed E-state index contributed by atoms with van der Waals surface area (Å²) in [6, 6.07) is 15.2. The van der Waals surface area contributed by atoms with Crippen LogP contribution in [0.2, 0.25) is 0 Å². The zero-order valence-electron chi connectivity index (χ0n) is 17.9. The zero-order valence-corrected chi connectivity index (χ0v) is 17.9. The van der Waals surface area contributed by atoms with Crippen LogP contribution in [-0.2, 0) is 9.59 Å². The Morgan fingerprint density at radius 1 is 1.13 bits per heavy atom. The van der Waals surface area contributed by atoms with E-state index in [0.29, 0.717) is 18.8 Å². The first-order valence-corrected chi connectivity index (χ1v) is 9.95. The number of benzene rings is 2. The van der Waals surface area contributed by atoms with Crippen molar-refractivity contribution in [3.8, 4) is 11.5 Å². The van der Waals surface area contributed by atoms with E-state index in [1.54, 1.807) is 19.1 Å². The van der Waals surface area contributed by atoms with Gasteiger partial charge in [-0.25, -0.2) is 0 Å². The van der Waals surface area contributed by atoms with Crippen LogP contribution in [0.15, 0.2) is 48.5 Å². The molecule has 3 rings (SSSR count). The highest BCUT2D eigenvalue weighted by Crippen LogP contribution is 2.28. The Morgan fingerprint density at radius 2 is 1.83 bits per heavy atom. The molecule has 160 valence electrons. The second kappa shape index (κ2) is 9.63. The van der Waals surface area contributed by atoms with Gasteiger partial charge in [0.2, 0.25) is 11.8 Å². The van der Waals surface area contributed by atoms with Gasteiger partial charge < -0.3 is 24.6 Å². The van der Waals surface area contributed by atoms with E-state index in [2.05, 4.69) is 10.2 Å². The lowest BCUT2D eigenvalue weighted by Gasteiger charge is -2.26. The molecule has 1 fully saturated rings. The molecule has 1 aliphatic rings. The van der Waals surface area contributed by atoms with Crippen molar-refractivity contribution in [1.29, 1.82) is 0 Å². The third-order valence-electron chi connectivity index (χ3n) is 5.45. The largest absolute Gasteiger partial charge is 0.497 e. The normalized spacial score (nSPS) is 17.2. The lowest BCUT2D eigenvalue weighted by Crippen LogP contribution is -2.38. The fraction of sp³-hybridized carbons (Fsp3) is 0.391. The molecule has 0 aromatic heterocycles. The number of methoxy groups -OCH3 is 2. The smallest absolute Gasteiger partial charge is 0.227 e. The molecule has 0 radical (unpaired) electrons. The van der Waals surface area contributed by atoms with Crippen LogP contribution < -0.4 is 19.7 Å². The first-order chi connectivity index (χ1) is 14.4. The van der Waals surface area contributed by atoms with Crippen LogP contribution in [0, 0.1) is 5.92 Å². The van der Waals surface area contributed by atoms with E-state index >= 15 is 0 Å². The lowest BCUT2D eigenvalue weighted by molar-refractivity contribution is -0.126. The number of amides is 2. The Hall–Kier alpha value is -3.06. The summed E-state index contributed by atoms with van der Waals surface area (Å²) in [6.07, 6.45) is 0.207. The number of rotatable bonds is 8. The van der Waals surface area contributed by atoms with E-state index in [4.69, 9.17) is 9.47 Å². The van der Waals surface area contributed by atoms with Crippen LogP contribution >= 0.6 is 0 Å². The number of likely N-dealkylation sites (N-methyl/N-ethyl adjacent to an activating group) is 1. The molecule has 0 spiro atoms. The maximum Gasteiger partial charge on any atom is 0.227 e. The van der Waals surface area contributed by atoms with Crippen molar-refractivity contribution >= 4 is 17.5 Å². The Morgan fingerprint density at radius 3 is 2.47 bits per heavy atom. The van der Waals surface area contributed by atoms with Crippen LogP contribution in [0.25, 0.3) is 0 Å². The second-order valence-corrected chi connectivity index (χ2v) is 7.60. The number of nitrogens with one attached hydrogen (secondary N) is 1. The highest BCUT2D eigenvalue weighted by atomic mass is 16.5. The predicted molar refractivity (Wildman–Crippen MR) is 116 cm³/mol. The molecule has 0 aliphatic carbocycles. The van der Waals surface area contributed by atoms with Gasteiger partial charge in [-0.2, -0.15) is 0 Å². The van der Waals surface area contributed by atoms with Gasteiger partial charge in [0.25, 0.3) is 0 Å². The van der Waals surface area contributed by atoms with Gasteiger partial charge in [-0.05, 0) is 43.9 Å². The monoisotopic (exact) mass is 411 g/mol. The topological polar surface area (TPSA) is 71.1 Å². The minimum atomic E-state index is -0.373. The van der Waals surface area contributed by atoms with Gasteiger partial charge in [0.1, 0.15) is 11.5 Å². The molecule has 1 aliphatic heterocycles. The Bertz CT molecular complexity index is 882. The van der Waals surface area contributed by atoms with E-state index < -0.39 is 0 Å². The average molecular weight is 412 g/mol. The quantitative estimate of drug-likeness (QED) is 0.723. The minimum Gasteiger partial charge on any atom is -0.497 e. The molecule has 2 aromatic carbocycles. The second-order valence-electron chi connectivity index (χ2n) is 7.60. The molecule has 7 heteroatoms. The molecule has 30 heavy (non-hydrogen) atoms. The van der Waals surface area contributed by atoms with Crippen molar-refractivity contribution in [1.82, 2.24) is 10.2 Å². The van der Waals surface area contributed by atoms with Crippen molar-refractivity contribution in [2.24, 2.45) is 5.92 Å². The maximum atomic E-state index is 12.8. The van der Waals surface area contributed by atoms with Gasteiger partial charge in [-0.15, -0.1) is 0 Å². The summed E-state index contributed by atoms with van der Waals surface area (Å²) in [5.41, 5.74) is 1.83. The highest BCUT2D eigenvalue weighted by Gasteiger charge is 2.35. The van der Waals surface area contributed by atoms with Gasteiger partial charge in [-0.1, -0.05) is 18.2 Å². The van der Waals surface area contributed by atoms with E-state index in [1.165, 1.54) is 0 Å². The van der Waals surface area contributed by atoms with Crippen molar-refractivity contribution in [2.45, 2.75) is 12.5 Å². The number of carbonyl (C=O) groups is 2. The molecule has 7 nitrogen and oxygen atoms in total. The molecular formula is C23H29N3O4. The number of nitrogens with zero attached hydrogens (tertiary/aromatic N) is 2. The number of hydrogen-bond acceptors (Lipinski definition) is 5. The summed E-state index contributed by atoms with van der Waals surface area (Å²) in [5.74, 6) is 0.947. The Labute approximate surface area is 177 Å². The summed E-state index contributed by atoms with van der Waals surface area (Å²) in [5, 5.41) is 3.03. The molecular weight excluding hydrogens is 382 g/mol. The van der Waals surface area contributed by atoms with Crippen LogP contribution in [0.1, 0.15) is 18.0 Å². The highest BCUT2D eigenvalue weighted by molar-refractivity contribution is 6.00. The van der Waals surface area contributed by atoms with Crippen LogP contribution in [-0.4, -0.2) is 58.1 Å². The summed E-state index contributed by atoms with van der Waals surface area (Å²) >= 11 is 0. The van der Waals surface area contributed by atoms with Crippen LogP contribution in [0.4, 0.5) is 5.69 Å². The van der Waals surface area contributed by atoms with Gasteiger partial charge >= 0.3 is 0 Å². The zero-order chi connectivity index (χ0) is 21.7. The van der Waals surface area contributed by atoms with Crippen LogP contribution in [0.5, 0.6) is 11.5 Å². The third-order valence-corrected chi connectivity index (χ3v) is 5.45. The first kappa shape index (κ1) is 21.6. The molecule has 1 saturated heterocycles. The van der Waals surface area contributed by atoms with Gasteiger partial charge in [0.05, 0.1) is 26.2 Å². The Balaban J connectivity index is 1.62. The molecule has 0 bridgehead atoms. The van der Waals surface area contributed by atoms with E-state index in [1.807, 2.05) is 62.6 Å². The fourth-order valence-electron chi connectivity index (χ4n) is 3.68. The van der Waals surface area contributed by atoms with E-state index in [-0.39, 0.29) is 30.2 Å². The first-order valence-electron chi connectivity index (χ1n) is 9.95. The van der Waals surface area contributed by atoms with Gasteiger partial charge in [-0.3, -0.25) is 9.59 Å². The Kier molecular flexibility index (Phi) is 6.95. The molecule has 2 aromatic rings. The van der Waals surface area contributed by atoms with Crippen molar-refractivity contribution in [2.75, 3.05) is 46.3 Å². The molecule has 2 amide bonds. The average Bonchev–Trinajstić information content (AvgIpc) is 3.15. The number of ether oxygens (including phenoxy) is 2. The molecule has 1 heterocycles. The fourth-order valence-corrected chi connectivity index (χ4v) is 3.68. The van der Waals surface area contributed by atoms with Crippen LogP contribution in [0.3, 0.4) is 0 Å². The standard InChI is InChI=1S/C23H29N3O4/c1-25(2)21(16-8-10-19(29-3)11-9-16)14-24-23(28)17-12-22(27)26(15-17)18-6-5-7-20(13-18)30-4/h5-11,13,17,21H,12,14-15H2,1-4H3,(H,24,28). The van der Waals surface area contributed by atoms with Gasteiger partial charge in [0.15, 0.2) is 0 Å². The third kappa shape index (κ3) is 4.91. The molecule has 0 saturated carbocycles. The number of anilines is 1. The predicted octanol–water partition coefficient (Wildman–Crippen LogP) is 2.48. The molecule has 2 atom stereocenters. The van der Waals surface area contributed by atoms with Crippen molar-refractivity contribution in [3.63, 3.8) is 0 Å². The van der Waals surface area contributed by atoms with E-state index in [9.17, 15) is 9.59 Å². The van der Waals surface area contributed by atoms with Crippen molar-refractivity contribution in [3.05, 3.63) is 54.1 Å². The summed E-state index contributed by atoms with van der Waals surface area (Å²) in [7, 11) is 7.18. The summed E-state index contributed by atoms with van der Waals surface area (Å²) in [4.78, 5) is 29.0. The number of carbonyl (C=O) groups excluding carboxylic acids is 2. The summed E-state index contributed by atoms with van der Waals surface area (Å²) in [6.45, 7) is 0.828. The lowest BCUT2D eigenvalue weighted by atomic mass is 10.0. The minimum absolute atomic E-state index is 0.0199. The maximum absolute atomic E-state index is 12.8. The van der Waals surface area contributed by atoms with E-state index in [0.717, 1.165) is 17.0 Å². The number of hydrogen-bond donors (Lipinski definition) is 1. The molecule has 2 unspecified atom stereocenters. The summed E-state index contributed by atoms with van der Waals surface area (Å²) < 4.78 is 10.5. The molecule has 1 N–H and O–H groups in total.